The third-order valence-corrected chi connectivity index (χ3v) is 10.1. The van der Waals surface area contributed by atoms with Crippen LogP contribution in [0.25, 0.3) is 66.1 Å². The molecule has 0 saturated heterocycles. The van der Waals surface area contributed by atoms with E-state index in [4.69, 9.17) is 0 Å². The van der Waals surface area contributed by atoms with Crippen molar-refractivity contribution in [1.82, 2.24) is 0 Å². The first-order valence-corrected chi connectivity index (χ1v) is 17.8. The van der Waals surface area contributed by atoms with E-state index in [9.17, 15) is 0 Å². The molecule has 0 radical (unpaired) electrons. The van der Waals surface area contributed by atoms with Crippen LogP contribution in [0.15, 0.2) is 206 Å². The zero-order valence-corrected chi connectivity index (χ0v) is 28.4. The maximum absolute atomic E-state index is 2.47. The van der Waals surface area contributed by atoms with Crippen LogP contribution in [0.5, 0.6) is 0 Å². The Hall–Kier alpha value is -6.44. The normalized spacial score (nSPS) is 12.6. The second-order valence-corrected chi connectivity index (χ2v) is 13.2. The number of hydrogen-bond acceptors (Lipinski definition) is 1. The lowest BCUT2D eigenvalue weighted by Crippen LogP contribution is -2.17. The summed E-state index contributed by atoms with van der Waals surface area (Å²) in [6.45, 7) is 0. The van der Waals surface area contributed by atoms with Gasteiger partial charge >= 0.3 is 0 Å². The van der Waals surface area contributed by atoms with Gasteiger partial charge in [-0.3, -0.25) is 0 Å². The number of allylic oxidation sites excluding steroid dienone is 4. The van der Waals surface area contributed by atoms with E-state index in [0.29, 0.717) is 0 Å². The van der Waals surface area contributed by atoms with Crippen LogP contribution in [0.1, 0.15) is 12.8 Å². The summed E-state index contributed by atoms with van der Waals surface area (Å²) < 4.78 is 0. The highest BCUT2D eigenvalue weighted by Gasteiger charge is 2.21. The van der Waals surface area contributed by atoms with Crippen molar-refractivity contribution >= 4 is 32.9 Å². The first-order valence-electron chi connectivity index (χ1n) is 17.8. The zero-order valence-electron chi connectivity index (χ0n) is 28.4. The summed E-state index contributed by atoms with van der Waals surface area (Å²) in [5.74, 6) is 0. The van der Waals surface area contributed by atoms with Gasteiger partial charge in [-0.15, -0.1) is 0 Å². The first kappa shape index (κ1) is 30.6. The van der Waals surface area contributed by atoms with Crippen LogP contribution in [0.2, 0.25) is 0 Å². The number of rotatable bonds is 7. The Kier molecular flexibility index (Phi) is 8.08. The molecule has 1 aliphatic rings. The van der Waals surface area contributed by atoms with E-state index in [0.717, 1.165) is 24.2 Å². The Morgan fingerprint density at radius 3 is 1.33 bits per heavy atom. The smallest absolute Gasteiger partial charge is 0.0465 e. The largest absolute Gasteiger partial charge is 0.314 e. The molecule has 9 rings (SSSR count). The Bertz CT molecular complexity index is 2400. The molecule has 1 nitrogen and oxygen atoms in total. The minimum atomic E-state index is 0.966. The summed E-state index contributed by atoms with van der Waals surface area (Å²) in [5.41, 5.74) is 13.4. The molecule has 0 unspecified atom stereocenters. The maximum atomic E-state index is 2.47. The number of anilines is 2. The van der Waals surface area contributed by atoms with Crippen molar-refractivity contribution in [1.29, 1.82) is 0 Å². The van der Waals surface area contributed by atoms with Gasteiger partial charge < -0.3 is 4.90 Å². The second-order valence-electron chi connectivity index (χ2n) is 13.2. The highest BCUT2D eigenvalue weighted by atomic mass is 15.1. The van der Waals surface area contributed by atoms with Crippen molar-refractivity contribution in [3.63, 3.8) is 0 Å². The molecule has 1 aliphatic carbocycles. The predicted octanol–water partition coefficient (Wildman–Crippen LogP) is 14.0. The average molecular weight is 652 g/mol. The third kappa shape index (κ3) is 5.83. The summed E-state index contributed by atoms with van der Waals surface area (Å²) in [6.07, 6.45) is 8.73. The van der Waals surface area contributed by atoms with Crippen LogP contribution >= 0.6 is 0 Å². The van der Waals surface area contributed by atoms with Crippen LogP contribution in [-0.2, 0) is 0 Å². The average Bonchev–Trinajstić information content (AvgIpc) is 3.21. The standard InChI is InChI=1S/C50H37N/c1-4-16-38(17-5-1)49-34-41(30-32-47(49)45-28-14-22-36-20-10-12-26-43(36)45)51(40-24-8-3-9-25-40)42-31-33-48(50(35-42)39-18-6-2-7-19-39)46-29-15-23-37-21-11-13-27-44(37)46/h1-8,10-24,26-35H,9,25H2. The van der Waals surface area contributed by atoms with Crippen LogP contribution in [-0.4, -0.2) is 0 Å². The molecule has 0 N–H and O–H groups in total. The topological polar surface area (TPSA) is 3.24 Å². The minimum absolute atomic E-state index is 0.966. The molecule has 0 aromatic heterocycles. The lowest BCUT2D eigenvalue weighted by Gasteiger charge is -2.31. The van der Waals surface area contributed by atoms with Gasteiger partial charge in [0, 0.05) is 17.1 Å². The molecule has 8 aromatic rings. The SMILES string of the molecule is C1=CCCC(N(c2ccc(-c3cccc4ccccc34)c(-c3ccccc3)c2)c2ccc(-c3cccc4ccccc34)c(-c3ccccc3)c2)=C1. The Morgan fingerprint density at radius 2 is 0.843 bits per heavy atom. The lowest BCUT2D eigenvalue weighted by molar-refractivity contribution is 0.918. The highest BCUT2D eigenvalue weighted by Crippen LogP contribution is 2.44. The highest BCUT2D eigenvalue weighted by molar-refractivity contribution is 6.03. The summed E-state index contributed by atoms with van der Waals surface area (Å²) >= 11 is 0. The van der Waals surface area contributed by atoms with E-state index in [-0.39, 0.29) is 0 Å². The fourth-order valence-corrected chi connectivity index (χ4v) is 7.70. The van der Waals surface area contributed by atoms with E-state index >= 15 is 0 Å². The molecule has 51 heavy (non-hydrogen) atoms. The molecule has 0 amide bonds. The molecule has 8 aromatic carbocycles. The van der Waals surface area contributed by atoms with Crippen molar-refractivity contribution in [3.05, 3.63) is 206 Å². The zero-order chi connectivity index (χ0) is 34.0. The van der Waals surface area contributed by atoms with Gasteiger partial charge in [0.05, 0.1) is 0 Å². The van der Waals surface area contributed by atoms with Crippen molar-refractivity contribution in [2.45, 2.75) is 12.8 Å². The quantitative estimate of drug-likeness (QED) is 0.166. The van der Waals surface area contributed by atoms with Gasteiger partial charge in [-0.05, 0) is 109 Å². The van der Waals surface area contributed by atoms with Gasteiger partial charge in [0.2, 0.25) is 0 Å². The fourth-order valence-electron chi connectivity index (χ4n) is 7.70. The van der Waals surface area contributed by atoms with Gasteiger partial charge in [0.25, 0.3) is 0 Å². The second kappa shape index (κ2) is 13.5. The van der Waals surface area contributed by atoms with Crippen molar-refractivity contribution in [2.75, 3.05) is 4.90 Å². The molecule has 1 heteroatoms. The summed E-state index contributed by atoms with van der Waals surface area (Å²) in [4.78, 5) is 2.47. The van der Waals surface area contributed by atoms with Gasteiger partial charge in [0.1, 0.15) is 0 Å². The Balaban J connectivity index is 1.26. The third-order valence-electron chi connectivity index (χ3n) is 10.1. The first-order chi connectivity index (χ1) is 25.3. The van der Waals surface area contributed by atoms with E-state index in [1.807, 2.05) is 0 Å². The van der Waals surface area contributed by atoms with Crippen molar-refractivity contribution in [3.8, 4) is 44.5 Å². The van der Waals surface area contributed by atoms with E-state index in [1.165, 1.54) is 71.7 Å². The van der Waals surface area contributed by atoms with Gasteiger partial charge in [-0.25, -0.2) is 0 Å². The lowest BCUT2D eigenvalue weighted by atomic mass is 9.90. The maximum Gasteiger partial charge on any atom is 0.0465 e. The fraction of sp³-hybridized carbons (Fsp3) is 0.0400. The molecule has 242 valence electrons. The van der Waals surface area contributed by atoms with E-state index in [1.54, 1.807) is 0 Å². The summed E-state index contributed by atoms with van der Waals surface area (Å²) in [6, 6.07) is 66.4. The monoisotopic (exact) mass is 651 g/mol. The number of nitrogens with zero attached hydrogens (tertiary/aromatic N) is 1. The predicted molar refractivity (Wildman–Crippen MR) is 218 cm³/mol. The molecule has 0 heterocycles. The molecule has 0 fully saturated rings. The van der Waals surface area contributed by atoms with Crippen LogP contribution in [0.4, 0.5) is 11.4 Å². The summed E-state index contributed by atoms with van der Waals surface area (Å²) in [5, 5.41) is 5.02. The van der Waals surface area contributed by atoms with Crippen LogP contribution in [0, 0.1) is 0 Å². The summed E-state index contributed by atoms with van der Waals surface area (Å²) in [7, 11) is 0. The molecular formula is C50H37N. The number of fused-ring (bicyclic) bond motifs is 2. The number of benzene rings is 8. The van der Waals surface area contributed by atoms with Gasteiger partial charge in [-0.2, -0.15) is 0 Å². The van der Waals surface area contributed by atoms with Crippen LogP contribution < -0.4 is 4.90 Å². The minimum Gasteiger partial charge on any atom is -0.314 e. The molecular weight excluding hydrogens is 615 g/mol. The molecule has 0 bridgehead atoms. The van der Waals surface area contributed by atoms with Crippen LogP contribution in [0.3, 0.4) is 0 Å². The Labute approximate surface area is 300 Å². The van der Waals surface area contributed by atoms with Gasteiger partial charge in [0.15, 0.2) is 0 Å². The molecule has 0 atom stereocenters. The molecule has 0 saturated carbocycles. The van der Waals surface area contributed by atoms with Crippen molar-refractivity contribution < 1.29 is 0 Å². The molecule has 0 aliphatic heterocycles. The molecule has 0 spiro atoms. The Morgan fingerprint density at radius 1 is 0.373 bits per heavy atom. The number of hydrogen-bond donors (Lipinski definition) is 0. The van der Waals surface area contributed by atoms with E-state index < -0.39 is 0 Å². The van der Waals surface area contributed by atoms with E-state index in [2.05, 4.69) is 205 Å². The van der Waals surface area contributed by atoms with Gasteiger partial charge in [-0.1, -0.05) is 170 Å². The van der Waals surface area contributed by atoms with Crippen molar-refractivity contribution in [2.24, 2.45) is 0 Å².